The van der Waals surface area contributed by atoms with Crippen LogP contribution in [-0.2, 0) is 9.59 Å². The van der Waals surface area contributed by atoms with Crippen molar-refractivity contribution in [2.24, 2.45) is 0 Å². The van der Waals surface area contributed by atoms with Crippen molar-refractivity contribution < 1.29 is 14.0 Å². The highest BCUT2D eigenvalue weighted by Gasteiger charge is 2.20. The maximum Gasteiger partial charge on any atom is 0.240 e. The quantitative estimate of drug-likeness (QED) is 0.872. The normalized spacial score (nSPS) is 11.7. The fourth-order valence-electron chi connectivity index (χ4n) is 2.31. The summed E-state index contributed by atoms with van der Waals surface area (Å²) in [7, 11) is 0. The predicted octanol–water partition coefficient (Wildman–Crippen LogP) is 3.13. The molecule has 0 aliphatic heterocycles. The summed E-state index contributed by atoms with van der Waals surface area (Å²) < 4.78 is 13.6. The maximum absolute atomic E-state index is 13.6. The van der Waals surface area contributed by atoms with Crippen molar-refractivity contribution in [2.45, 2.75) is 19.9 Å². The van der Waals surface area contributed by atoms with Gasteiger partial charge >= 0.3 is 0 Å². The molecule has 0 bridgehead atoms. The first-order chi connectivity index (χ1) is 11.4. The van der Waals surface area contributed by atoms with Gasteiger partial charge in [-0.1, -0.05) is 41.9 Å². The molecule has 0 aliphatic rings. The zero-order valence-electron chi connectivity index (χ0n) is 13.4. The molecule has 1 atom stereocenters. The largest absolute Gasteiger partial charge is 0.347 e. The van der Waals surface area contributed by atoms with Crippen LogP contribution in [0.2, 0.25) is 5.02 Å². The van der Waals surface area contributed by atoms with Crippen molar-refractivity contribution in [2.75, 3.05) is 6.54 Å². The summed E-state index contributed by atoms with van der Waals surface area (Å²) in [6.45, 7) is 2.85. The Balaban J connectivity index is 2.34. The third-order valence-electron chi connectivity index (χ3n) is 3.53. The lowest BCUT2D eigenvalue weighted by Crippen LogP contribution is -2.38. The minimum atomic E-state index is -0.542. The van der Waals surface area contributed by atoms with Crippen molar-refractivity contribution in [3.63, 3.8) is 0 Å². The fraction of sp³-hybridized carbons (Fsp3) is 0.222. The van der Waals surface area contributed by atoms with E-state index in [9.17, 15) is 14.0 Å². The molecule has 6 heteroatoms. The number of halogens is 2. The minimum absolute atomic E-state index is 0.142. The van der Waals surface area contributed by atoms with E-state index >= 15 is 0 Å². The van der Waals surface area contributed by atoms with Crippen LogP contribution >= 0.6 is 11.6 Å². The molecule has 2 rings (SSSR count). The molecule has 24 heavy (non-hydrogen) atoms. The molecule has 4 nitrogen and oxygen atoms in total. The number of nitrogens with one attached hydrogen (secondary N) is 2. The Labute approximate surface area is 145 Å². The van der Waals surface area contributed by atoms with E-state index in [4.69, 9.17) is 11.6 Å². The summed E-state index contributed by atoms with van der Waals surface area (Å²) in [4.78, 5) is 23.1. The van der Waals surface area contributed by atoms with Crippen LogP contribution in [0.15, 0.2) is 42.5 Å². The highest BCUT2D eigenvalue weighted by molar-refractivity contribution is 6.31. The number of aryl methyl sites for hydroxylation is 1. The summed E-state index contributed by atoms with van der Waals surface area (Å²) in [5.41, 5.74) is 1.88. The smallest absolute Gasteiger partial charge is 0.240 e. The van der Waals surface area contributed by atoms with E-state index in [1.165, 1.54) is 13.0 Å². The molecule has 2 N–H and O–H groups in total. The van der Waals surface area contributed by atoms with Crippen LogP contribution in [0, 0.1) is 12.7 Å². The van der Waals surface area contributed by atoms with Gasteiger partial charge in [-0.2, -0.15) is 0 Å². The van der Waals surface area contributed by atoms with Gasteiger partial charge < -0.3 is 10.6 Å². The average Bonchev–Trinajstić information content (AvgIpc) is 2.54. The minimum Gasteiger partial charge on any atom is -0.347 e. The first-order valence-electron chi connectivity index (χ1n) is 7.42. The number of carbonyl (C=O) groups excluding carboxylic acids is 2. The number of benzene rings is 2. The van der Waals surface area contributed by atoms with E-state index in [-0.39, 0.29) is 24.2 Å². The lowest BCUT2D eigenvalue weighted by Gasteiger charge is -2.21. The van der Waals surface area contributed by atoms with Crippen molar-refractivity contribution in [3.8, 4) is 0 Å². The summed E-state index contributed by atoms with van der Waals surface area (Å²) in [5.74, 6) is -0.976. The van der Waals surface area contributed by atoms with Gasteiger partial charge in [0, 0.05) is 11.9 Å². The molecule has 0 saturated carbocycles. The van der Waals surface area contributed by atoms with Gasteiger partial charge in [0.15, 0.2) is 0 Å². The van der Waals surface area contributed by atoms with Gasteiger partial charge in [-0.05, 0) is 35.7 Å². The molecule has 0 aromatic heterocycles. The highest BCUT2D eigenvalue weighted by Crippen LogP contribution is 2.29. The molecule has 0 saturated heterocycles. The molecule has 0 unspecified atom stereocenters. The Kier molecular flexibility index (Phi) is 5.93. The molecular formula is C18H18ClFN2O2. The van der Waals surface area contributed by atoms with Crippen LogP contribution in [0.1, 0.15) is 29.7 Å². The topological polar surface area (TPSA) is 58.2 Å². The molecule has 0 heterocycles. The van der Waals surface area contributed by atoms with Gasteiger partial charge in [0.1, 0.15) is 5.82 Å². The molecule has 0 radical (unpaired) electrons. The van der Waals surface area contributed by atoms with Gasteiger partial charge in [0.05, 0.1) is 12.6 Å². The second-order valence-corrected chi connectivity index (χ2v) is 5.85. The lowest BCUT2D eigenvalue weighted by atomic mass is 9.97. The standard InChI is InChI=1S/C18H18ClFN2O2/c1-11-9-13(7-8-16(11)20)18(14-5-3-4-6-15(14)19)22-17(24)10-21-12(2)23/h3-9,18H,10H2,1-2H3,(H,21,23)(H,22,24)/t18-/m1/s1. The predicted molar refractivity (Wildman–Crippen MR) is 91.3 cm³/mol. The number of hydrogen-bond acceptors (Lipinski definition) is 2. The zero-order chi connectivity index (χ0) is 17.7. The van der Waals surface area contributed by atoms with Crippen molar-refractivity contribution in [1.82, 2.24) is 10.6 Å². The van der Waals surface area contributed by atoms with Gasteiger partial charge in [0.25, 0.3) is 0 Å². The Morgan fingerprint density at radius 3 is 2.54 bits per heavy atom. The van der Waals surface area contributed by atoms with Crippen molar-refractivity contribution >= 4 is 23.4 Å². The molecule has 2 aromatic carbocycles. The van der Waals surface area contributed by atoms with Crippen LogP contribution in [-0.4, -0.2) is 18.4 Å². The Morgan fingerprint density at radius 1 is 1.21 bits per heavy atom. The molecule has 2 aromatic rings. The molecule has 0 aliphatic carbocycles. The number of amides is 2. The Morgan fingerprint density at radius 2 is 1.92 bits per heavy atom. The second kappa shape index (κ2) is 7.93. The molecule has 126 valence electrons. The van der Waals surface area contributed by atoms with Gasteiger partial charge in [-0.15, -0.1) is 0 Å². The van der Waals surface area contributed by atoms with Crippen LogP contribution in [0.5, 0.6) is 0 Å². The number of hydrogen-bond donors (Lipinski definition) is 2. The molecule has 0 spiro atoms. The average molecular weight is 349 g/mol. The van der Waals surface area contributed by atoms with Crippen LogP contribution in [0.25, 0.3) is 0 Å². The van der Waals surface area contributed by atoms with E-state index in [1.54, 1.807) is 37.3 Å². The molecule has 2 amide bonds. The van der Waals surface area contributed by atoms with E-state index in [0.717, 1.165) is 0 Å². The first-order valence-corrected chi connectivity index (χ1v) is 7.80. The van der Waals surface area contributed by atoms with E-state index in [2.05, 4.69) is 10.6 Å². The monoisotopic (exact) mass is 348 g/mol. The van der Waals surface area contributed by atoms with Crippen LogP contribution in [0.4, 0.5) is 4.39 Å². The Bertz CT molecular complexity index is 764. The lowest BCUT2D eigenvalue weighted by molar-refractivity contribution is -0.125. The second-order valence-electron chi connectivity index (χ2n) is 5.44. The highest BCUT2D eigenvalue weighted by atomic mass is 35.5. The van der Waals surface area contributed by atoms with Gasteiger partial charge in [-0.3, -0.25) is 9.59 Å². The third-order valence-corrected chi connectivity index (χ3v) is 3.88. The van der Waals surface area contributed by atoms with E-state index in [1.807, 2.05) is 6.07 Å². The van der Waals surface area contributed by atoms with Crippen LogP contribution < -0.4 is 10.6 Å². The van der Waals surface area contributed by atoms with Crippen LogP contribution in [0.3, 0.4) is 0 Å². The summed E-state index contributed by atoms with van der Waals surface area (Å²) in [6, 6.07) is 11.2. The van der Waals surface area contributed by atoms with Crippen molar-refractivity contribution in [1.29, 1.82) is 0 Å². The zero-order valence-corrected chi connectivity index (χ0v) is 14.2. The first kappa shape index (κ1) is 17.9. The SMILES string of the molecule is CC(=O)NCC(=O)N[C@H](c1ccc(F)c(C)c1)c1ccccc1Cl. The molecular weight excluding hydrogens is 331 g/mol. The molecule has 0 fully saturated rings. The fourth-order valence-corrected chi connectivity index (χ4v) is 2.56. The Hall–Kier alpha value is -2.40. The van der Waals surface area contributed by atoms with Gasteiger partial charge in [-0.25, -0.2) is 4.39 Å². The van der Waals surface area contributed by atoms with Crippen molar-refractivity contribution in [3.05, 3.63) is 70.0 Å². The number of rotatable bonds is 5. The number of carbonyl (C=O) groups is 2. The maximum atomic E-state index is 13.6. The third kappa shape index (κ3) is 4.55. The summed E-state index contributed by atoms with van der Waals surface area (Å²) in [6.07, 6.45) is 0. The van der Waals surface area contributed by atoms with Gasteiger partial charge in [0.2, 0.25) is 11.8 Å². The van der Waals surface area contributed by atoms with E-state index in [0.29, 0.717) is 21.7 Å². The summed E-state index contributed by atoms with van der Waals surface area (Å²) in [5, 5.41) is 5.77. The van der Waals surface area contributed by atoms with E-state index < -0.39 is 6.04 Å². The summed E-state index contributed by atoms with van der Waals surface area (Å²) >= 11 is 6.26.